The number of piperidine rings is 1. The molecule has 1 aromatic carbocycles. The molecule has 30 heavy (non-hydrogen) atoms. The van der Waals surface area contributed by atoms with Gasteiger partial charge in [0.15, 0.2) is 5.76 Å². The van der Waals surface area contributed by atoms with Crippen LogP contribution in [0.15, 0.2) is 53.1 Å². The molecule has 3 amide bonds. The van der Waals surface area contributed by atoms with Gasteiger partial charge in [0.2, 0.25) is 11.8 Å². The average Bonchev–Trinajstić information content (AvgIpc) is 3.32. The molecule has 0 aliphatic carbocycles. The Hall–Kier alpha value is -2.74. The van der Waals surface area contributed by atoms with E-state index in [0.717, 1.165) is 11.4 Å². The van der Waals surface area contributed by atoms with Gasteiger partial charge in [-0.1, -0.05) is 18.2 Å². The van der Waals surface area contributed by atoms with Crippen molar-refractivity contribution in [3.8, 4) is 0 Å². The van der Waals surface area contributed by atoms with Gasteiger partial charge in [0.25, 0.3) is 5.91 Å². The smallest absolute Gasteiger partial charge is 0.287 e. The van der Waals surface area contributed by atoms with Gasteiger partial charge >= 0.3 is 0 Å². The van der Waals surface area contributed by atoms with Crippen molar-refractivity contribution in [2.45, 2.75) is 25.3 Å². The third-order valence-electron chi connectivity index (χ3n) is 5.18. The maximum atomic E-state index is 13.0. The standard InChI is InChI=1S/C22H27N3O4S/c1-30-15-11-18(24-21(27)19-8-5-14-29-19)22(28)25-12-9-16(10-13-25)20(26)23-17-6-3-2-4-7-17/h2-8,14,16,18H,9-13,15H2,1H3,(H,23,26)(H,24,27). The number of para-hydroxylation sites is 1. The van der Waals surface area contributed by atoms with Crippen LogP contribution in [0.3, 0.4) is 0 Å². The largest absolute Gasteiger partial charge is 0.459 e. The molecule has 8 heteroatoms. The molecule has 0 bridgehead atoms. The lowest BCUT2D eigenvalue weighted by molar-refractivity contribution is -0.136. The normalized spacial score (nSPS) is 15.4. The van der Waals surface area contributed by atoms with E-state index in [1.807, 2.05) is 36.6 Å². The molecular weight excluding hydrogens is 402 g/mol. The van der Waals surface area contributed by atoms with Crippen LogP contribution in [0.2, 0.25) is 0 Å². The number of carbonyl (C=O) groups excluding carboxylic acids is 3. The van der Waals surface area contributed by atoms with Gasteiger partial charge in [0.1, 0.15) is 6.04 Å². The molecule has 1 aliphatic rings. The van der Waals surface area contributed by atoms with Gasteiger partial charge in [-0.3, -0.25) is 14.4 Å². The van der Waals surface area contributed by atoms with Crippen molar-refractivity contribution < 1.29 is 18.8 Å². The molecule has 1 aromatic heterocycles. The summed E-state index contributed by atoms with van der Waals surface area (Å²) in [6.07, 6.45) is 5.14. The van der Waals surface area contributed by atoms with E-state index in [-0.39, 0.29) is 23.5 Å². The van der Waals surface area contributed by atoms with Crippen LogP contribution >= 0.6 is 11.8 Å². The van der Waals surface area contributed by atoms with E-state index in [0.29, 0.717) is 32.4 Å². The molecular formula is C22H27N3O4S. The number of likely N-dealkylation sites (tertiary alicyclic amines) is 1. The highest BCUT2D eigenvalue weighted by Crippen LogP contribution is 2.21. The highest BCUT2D eigenvalue weighted by atomic mass is 32.2. The van der Waals surface area contributed by atoms with Crippen molar-refractivity contribution in [2.24, 2.45) is 5.92 Å². The van der Waals surface area contributed by atoms with Gasteiger partial charge in [-0.25, -0.2) is 0 Å². The highest BCUT2D eigenvalue weighted by molar-refractivity contribution is 7.98. The van der Waals surface area contributed by atoms with Crippen molar-refractivity contribution in [1.29, 1.82) is 0 Å². The molecule has 1 aliphatic heterocycles. The fraction of sp³-hybridized carbons (Fsp3) is 0.409. The van der Waals surface area contributed by atoms with Gasteiger partial charge in [-0.2, -0.15) is 11.8 Å². The fourth-order valence-electron chi connectivity index (χ4n) is 3.48. The lowest BCUT2D eigenvalue weighted by Crippen LogP contribution is -2.51. The summed E-state index contributed by atoms with van der Waals surface area (Å²) < 4.78 is 5.13. The number of furan rings is 1. The number of nitrogens with zero attached hydrogens (tertiary/aromatic N) is 1. The molecule has 2 heterocycles. The summed E-state index contributed by atoms with van der Waals surface area (Å²) in [7, 11) is 0. The summed E-state index contributed by atoms with van der Waals surface area (Å²) in [6, 6.07) is 12.0. The van der Waals surface area contributed by atoms with Crippen LogP contribution < -0.4 is 10.6 Å². The number of carbonyl (C=O) groups is 3. The van der Waals surface area contributed by atoms with Gasteiger partial charge in [-0.05, 0) is 55.5 Å². The van der Waals surface area contributed by atoms with E-state index < -0.39 is 11.9 Å². The topological polar surface area (TPSA) is 91.7 Å². The fourth-order valence-corrected chi connectivity index (χ4v) is 3.95. The maximum absolute atomic E-state index is 13.0. The van der Waals surface area contributed by atoms with Crippen molar-refractivity contribution in [3.63, 3.8) is 0 Å². The molecule has 3 rings (SSSR count). The number of hydrogen-bond donors (Lipinski definition) is 2. The molecule has 1 atom stereocenters. The number of benzene rings is 1. The molecule has 2 aromatic rings. The Bertz CT molecular complexity index is 833. The minimum Gasteiger partial charge on any atom is -0.459 e. The van der Waals surface area contributed by atoms with Gasteiger partial charge in [0.05, 0.1) is 6.26 Å². The number of amides is 3. The Balaban J connectivity index is 1.54. The van der Waals surface area contributed by atoms with Crippen LogP contribution in [-0.4, -0.2) is 53.8 Å². The number of thioether (sulfide) groups is 1. The van der Waals surface area contributed by atoms with E-state index >= 15 is 0 Å². The van der Waals surface area contributed by atoms with Crippen molar-refractivity contribution >= 4 is 35.2 Å². The molecule has 1 fully saturated rings. The Labute approximate surface area is 180 Å². The van der Waals surface area contributed by atoms with Crippen molar-refractivity contribution in [1.82, 2.24) is 10.2 Å². The number of anilines is 1. The van der Waals surface area contributed by atoms with Crippen LogP contribution in [-0.2, 0) is 9.59 Å². The average molecular weight is 430 g/mol. The van der Waals surface area contributed by atoms with Crippen molar-refractivity contribution in [3.05, 3.63) is 54.5 Å². The summed E-state index contributed by atoms with van der Waals surface area (Å²) in [5.74, 6) is 0.302. The lowest BCUT2D eigenvalue weighted by atomic mass is 9.95. The first kappa shape index (κ1) is 22.0. The Kier molecular flexibility index (Phi) is 7.96. The summed E-state index contributed by atoms with van der Waals surface area (Å²) >= 11 is 1.63. The predicted molar refractivity (Wildman–Crippen MR) is 117 cm³/mol. The third kappa shape index (κ3) is 5.89. The van der Waals surface area contributed by atoms with E-state index in [1.54, 1.807) is 28.8 Å². The van der Waals surface area contributed by atoms with Gasteiger partial charge in [0, 0.05) is 24.7 Å². The molecule has 1 unspecified atom stereocenters. The minimum atomic E-state index is -0.607. The van der Waals surface area contributed by atoms with Crippen LogP contribution in [0.5, 0.6) is 0 Å². The van der Waals surface area contributed by atoms with Gasteiger partial charge < -0.3 is 20.0 Å². The molecule has 2 N–H and O–H groups in total. The van der Waals surface area contributed by atoms with Crippen LogP contribution in [0.25, 0.3) is 0 Å². The molecule has 7 nitrogen and oxygen atoms in total. The predicted octanol–water partition coefficient (Wildman–Crippen LogP) is 3.01. The van der Waals surface area contributed by atoms with E-state index in [1.165, 1.54) is 6.26 Å². The van der Waals surface area contributed by atoms with E-state index in [2.05, 4.69) is 10.6 Å². The molecule has 0 radical (unpaired) electrons. The molecule has 0 spiro atoms. The van der Waals surface area contributed by atoms with E-state index in [4.69, 9.17) is 4.42 Å². The monoisotopic (exact) mass is 429 g/mol. The summed E-state index contributed by atoms with van der Waals surface area (Å²) in [5.41, 5.74) is 0.777. The second-order valence-electron chi connectivity index (χ2n) is 7.24. The first-order valence-electron chi connectivity index (χ1n) is 10.1. The second-order valence-corrected chi connectivity index (χ2v) is 8.23. The molecule has 1 saturated heterocycles. The van der Waals surface area contributed by atoms with Crippen molar-refractivity contribution in [2.75, 3.05) is 30.4 Å². The lowest BCUT2D eigenvalue weighted by Gasteiger charge is -2.34. The Morgan fingerprint density at radius 3 is 2.50 bits per heavy atom. The SMILES string of the molecule is CSCCC(NC(=O)c1ccco1)C(=O)N1CCC(C(=O)Nc2ccccc2)CC1. The zero-order valence-electron chi connectivity index (χ0n) is 17.0. The van der Waals surface area contributed by atoms with Crippen LogP contribution in [0.4, 0.5) is 5.69 Å². The third-order valence-corrected chi connectivity index (χ3v) is 5.82. The molecule has 0 saturated carbocycles. The van der Waals surface area contributed by atoms with Crippen LogP contribution in [0, 0.1) is 5.92 Å². The Morgan fingerprint density at radius 2 is 1.87 bits per heavy atom. The zero-order chi connectivity index (χ0) is 21.3. The quantitative estimate of drug-likeness (QED) is 0.673. The minimum absolute atomic E-state index is 0.0154. The van der Waals surface area contributed by atoms with E-state index in [9.17, 15) is 14.4 Å². The summed E-state index contributed by atoms with van der Waals surface area (Å²) in [6.45, 7) is 0.996. The number of rotatable bonds is 8. The molecule has 160 valence electrons. The first-order valence-corrected chi connectivity index (χ1v) is 11.5. The number of nitrogens with one attached hydrogen (secondary N) is 2. The number of hydrogen-bond acceptors (Lipinski definition) is 5. The second kappa shape index (κ2) is 10.9. The highest BCUT2D eigenvalue weighted by Gasteiger charge is 2.31. The van der Waals surface area contributed by atoms with Gasteiger partial charge in [-0.15, -0.1) is 0 Å². The summed E-state index contributed by atoms with van der Waals surface area (Å²) in [4.78, 5) is 39.7. The Morgan fingerprint density at radius 1 is 1.13 bits per heavy atom. The first-order chi connectivity index (χ1) is 14.6. The zero-order valence-corrected chi connectivity index (χ0v) is 17.8. The maximum Gasteiger partial charge on any atom is 0.287 e. The summed E-state index contributed by atoms with van der Waals surface area (Å²) in [5, 5.41) is 5.74. The van der Waals surface area contributed by atoms with Crippen LogP contribution in [0.1, 0.15) is 29.8 Å².